The maximum Gasteiger partial charge on any atom is 0.255 e. The number of aryl methyl sites for hydroxylation is 1. The first-order chi connectivity index (χ1) is 9.61. The van der Waals surface area contributed by atoms with Crippen molar-refractivity contribution in [2.45, 2.75) is 26.7 Å². The van der Waals surface area contributed by atoms with Crippen molar-refractivity contribution in [1.29, 1.82) is 0 Å². The smallest absolute Gasteiger partial charge is 0.255 e. The molecular formula is C16H23ClN2O. The second kappa shape index (κ2) is 7.09. The Kier molecular flexibility index (Phi) is 5.44. The minimum atomic E-state index is 0.0519. The number of benzene rings is 1. The summed E-state index contributed by atoms with van der Waals surface area (Å²) in [6, 6.07) is 5.63. The largest absolute Gasteiger partial charge is 0.339 e. The number of rotatable bonds is 4. The average Bonchev–Trinajstić information content (AvgIpc) is 2.45. The fourth-order valence-electron chi connectivity index (χ4n) is 2.70. The van der Waals surface area contributed by atoms with Crippen molar-refractivity contribution in [3.05, 3.63) is 34.3 Å². The average molecular weight is 295 g/mol. The summed E-state index contributed by atoms with van der Waals surface area (Å²) in [7, 11) is 0. The third-order valence-corrected chi connectivity index (χ3v) is 4.27. The molecule has 0 bridgehead atoms. The van der Waals surface area contributed by atoms with Gasteiger partial charge in [-0.3, -0.25) is 4.79 Å². The molecule has 110 valence electrons. The Morgan fingerprint density at radius 1 is 1.40 bits per heavy atom. The number of halogens is 1. The molecule has 0 radical (unpaired) electrons. The lowest BCUT2D eigenvalue weighted by molar-refractivity contribution is 0.0727. The minimum absolute atomic E-state index is 0.0519. The van der Waals surface area contributed by atoms with E-state index in [0.29, 0.717) is 16.5 Å². The maximum absolute atomic E-state index is 12.6. The van der Waals surface area contributed by atoms with Crippen LogP contribution in [0.25, 0.3) is 0 Å². The van der Waals surface area contributed by atoms with E-state index in [1.54, 1.807) is 0 Å². The van der Waals surface area contributed by atoms with Gasteiger partial charge >= 0.3 is 0 Å². The predicted molar refractivity (Wildman–Crippen MR) is 83.4 cm³/mol. The zero-order valence-corrected chi connectivity index (χ0v) is 13.0. The molecule has 1 aromatic carbocycles. The maximum atomic E-state index is 12.6. The van der Waals surface area contributed by atoms with Gasteiger partial charge in [-0.2, -0.15) is 0 Å². The van der Waals surface area contributed by atoms with Gasteiger partial charge in [0.15, 0.2) is 0 Å². The van der Waals surface area contributed by atoms with E-state index in [1.807, 2.05) is 36.9 Å². The van der Waals surface area contributed by atoms with E-state index in [9.17, 15) is 4.79 Å². The van der Waals surface area contributed by atoms with Gasteiger partial charge in [-0.1, -0.05) is 17.7 Å². The summed E-state index contributed by atoms with van der Waals surface area (Å²) >= 11 is 6.21. The third-order valence-electron chi connectivity index (χ3n) is 3.96. The van der Waals surface area contributed by atoms with Crippen molar-refractivity contribution in [3.63, 3.8) is 0 Å². The number of carbonyl (C=O) groups is 1. The molecule has 0 aliphatic carbocycles. The highest BCUT2D eigenvalue weighted by molar-refractivity contribution is 6.33. The molecule has 0 atom stereocenters. The van der Waals surface area contributed by atoms with Crippen molar-refractivity contribution >= 4 is 17.5 Å². The molecule has 1 aromatic rings. The van der Waals surface area contributed by atoms with Crippen molar-refractivity contribution in [2.75, 3.05) is 26.2 Å². The molecular weight excluding hydrogens is 272 g/mol. The Morgan fingerprint density at radius 3 is 2.70 bits per heavy atom. The fourth-order valence-corrected chi connectivity index (χ4v) is 3.01. The third kappa shape index (κ3) is 3.74. The number of hydrogen-bond acceptors (Lipinski definition) is 2. The lowest BCUT2D eigenvalue weighted by atomic mass is 9.97. The highest BCUT2D eigenvalue weighted by atomic mass is 35.5. The van der Waals surface area contributed by atoms with Gasteiger partial charge in [-0.05, 0) is 63.4 Å². The monoisotopic (exact) mass is 294 g/mol. The van der Waals surface area contributed by atoms with Crippen LogP contribution in [0.4, 0.5) is 0 Å². The zero-order valence-electron chi connectivity index (χ0n) is 12.3. The molecule has 0 saturated carbocycles. The summed E-state index contributed by atoms with van der Waals surface area (Å²) in [6.45, 7) is 7.69. The highest BCUT2D eigenvalue weighted by Crippen LogP contribution is 2.21. The van der Waals surface area contributed by atoms with Crippen LogP contribution in [-0.2, 0) is 0 Å². The quantitative estimate of drug-likeness (QED) is 0.925. The van der Waals surface area contributed by atoms with Crippen molar-refractivity contribution in [3.8, 4) is 0 Å². The number of piperidine rings is 1. The molecule has 4 heteroatoms. The fraction of sp³-hybridized carbons (Fsp3) is 0.562. The zero-order chi connectivity index (χ0) is 14.5. The molecule has 0 spiro atoms. The summed E-state index contributed by atoms with van der Waals surface area (Å²) in [6.07, 6.45) is 2.29. The van der Waals surface area contributed by atoms with Crippen LogP contribution < -0.4 is 5.32 Å². The van der Waals surface area contributed by atoms with Gasteiger partial charge in [0.1, 0.15) is 0 Å². The number of nitrogens with one attached hydrogen (secondary N) is 1. The summed E-state index contributed by atoms with van der Waals surface area (Å²) in [5.74, 6) is 0.653. The molecule has 1 N–H and O–H groups in total. The van der Waals surface area contributed by atoms with Crippen LogP contribution in [0.5, 0.6) is 0 Å². The Hall–Kier alpha value is -1.06. The van der Waals surface area contributed by atoms with E-state index in [0.717, 1.165) is 44.6 Å². The van der Waals surface area contributed by atoms with Crippen LogP contribution in [0.2, 0.25) is 5.02 Å². The second-order valence-electron chi connectivity index (χ2n) is 5.52. The number of amides is 1. The van der Waals surface area contributed by atoms with Crippen LogP contribution >= 0.6 is 11.6 Å². The number of nitrogens with zero attached hydrogens (tertiary/aromatic N) is 1. The van der Waals surface area contributed by atoms with Crippen molar-refractivity contribution < 1.29 is 4.79 Å². The Bertz CT molecular complexity index is 470. The Labute approximate surface area is 126 Å². The first-order valence-electron chi connectivity index (χ1n) is 7.38. The number of hydrogen-bond donors (Lipinski definition) is 1. The molecule has 1 fully saturated rings. The van der Waals surface area contributed by atoms with Crippen LogP contribution in [0.15, 0.2) is 18.2 Å². The number of carbonyl (C=O) groups excluding carboxylic acids is 1. The summed E-state index contributed by atoms with van der Waals surface area (Å²) in [4.78, 5) is 14.5. The van der Waals surface area contributed by atoms with Crippen LogP contribution in [-0.4, -0.2) is 37.0 Å². The van der Waals surface area contributed by atoms with E-state index < -0.39 is 0 Å². The Morgan fingerprint density at radius 2 is 2.10 bits per heavy atom. The van der Waals surface area contributed by atoms with Crippen molar-refractivity contribution in [1.82, 2.24) is 10.2 Å². The second-order valence-corrected chi connectivity index (χ2v) is 5.93. The van der Waals surface area contributed by atoms with E-state index in [2.05, 4.69) is 5.32 Å². The standard InChI is InChI=1S/C16H23ClN2O/c1-3-19(11-13-6-8-18-9-7-13)16(20)14-5-4-12(2)10-15(14)17/h4-5,10,13,18H,3,6-9,11H2,1-2H3. The normalized spacial score (nSPS) is 16.1. The molecule has 0 unspecified atom stereocenters. The minimum Gasteiger partial charge on any atom is -0.339 e. The first-order valence-corrected chi connectivity index (χ1v) is 7.75. The lowest BCUT2D eigenvalue weighted by Gasteiger charge is -2.29. The molecule has 1 saturated heterocycles. The molecule has 3 nitrogen and oxygen atoms in total. The van der Waals surface area contributed by atoms with Gasteiger partial charge in [0.05, 0.1) is 10.6 Å². The Balaban J connectivity index is 2.07. The van der Waals surface area contributed by atoms with Gasteiger partial charge in [0, 0.05) is 13.1 Å². The topological polar surface area (TPSA) is 32.3 Å². The molecule has 1 aliphatic rings. The summed E-state index contributed by atoms with van der Waals surface area (Å²) in [5.41, 5.74) is 1.70. The van der Waals surface area contributed by atoms with Gasteiger partial charge in [0.2, 0.25) is 0 Å². The highest BCUT2D eigenvalue weighted by Gasteiger charge is 2.22. The molecule has 1 heterocycles. The van der Waals surface area contributed by atoms with Crippen LogP contribution in [0.1, 0.15) is 35.7 Å². The van der Waals surface area contributed by atoms with E-state index in [4.69, 9.17) is 11.6 Å². The SMILES string of the molecule is CCN(CC1CCNCC1)C(=O)c1ccc(C)cc1Cl. The van der Waals surface area contributed by atoms with Crippen molar-refractivity contribution in [2.24, 2.45) is 5.92 Å². The van der Waals surface area contributed by atoms with Gasteiger partial charge in [0.25, 0.3) is 5.91 Å². The van der Waals surface area contributed by atoms with Gasteiger partial charge < -0.3 is 10.2 Å². The molecule has 20 heavy (non-hydrogen) atoms. The summed E-state index contributed by atoms with van der Waals surface area (Å²) in [5, 5.41) is 3.91. The lowest BCUT2D eigenvalue weighted by Crippen LogP contribution is -2.39. The molecule has 1 aliphatic heterocycles. The molecule has 0 aromatic heterocycles. The first kappa shape index (κ1) is 15.3. The van der Waals surface area contributed by atoms with Gasteiger partial charge in [-0.25, -0.2) is 0 Å². The van der Waals surface area contributed by atoms with Crippen LogP contribution in [0.3, 0.4) is 0 Å². The van der Waals surface area contributed by atoms with E-state index in [-0.39, 0.29) is 5.91 Å². The summed E-state index contributed by atoms with van der Waals surface area (Å²) < 4.78 is 0. The van der Waals surface area contributed by atoms with E-state index >= 15 is 0 Å². The molecule has 2 rings (SSSR count). The molecule has 1 amide bonds. The van der Waals surface area contributed by atoms with Gasteiger partial charge in [-0.15, -0.1) is 0 Å². The van der Waals surface area contributed by atoms with Crippen LogP contribution in [0, 0.1) is 12.8 Å². The van der Waals surface area contributed by atoms with E-state index in [1.165, 1.54) is 0 Å². The predicted octanol–water partition coefficient (Wildman–Crippen LogP) is 3.11.